The van der Waals surface area contributed by atoms with E-state index < -0.39 is 0 Å². The molecule has 3 aliphatic rings. The molecule has 1 aromatic carbocycles. The predicted octanol–water partition coefficient (Wildman–Crippen LogP) is 2.32. The Bertz CT molecular complexity index is 896. The molecule has 1 saturated carbocycles. The molecule has 1 aliphatic carbocycles. The van der Waals surface area contributed by atoms with Gasteiger partial charge in [0, 0.05) is 38.3 Å². The molecule has 1 aromatic heterocycles. The highest BCUT2D eigenvalue weighted by atomic mass is 32.1. The topological polar surface area (TPSA) is 65.5 Å². The fourth-order valence-electron chi connectivity index (χ4n) is 3.84. The first-order valence-corrected chi connectivity index (χ1v) is 10.8. The summed E-state index contributed by atoms with van der Waals surface area (Å²) < 4.78 is 5.51. The van der Waals surface area contributed by atoms with Crippen LogP contribution in [0.1, 0.15) is 24.0 Å². The number of nitrogens with one attached hydrogen (secondary N) is 2. The lowest BCUT2D eigenvalue weighted by molar-refractivity contribution is 0.122. The Morgan fingerprint density at radius 1 is 1.00 bits per heavy atom. The van der Waals surface area contributed by atoms with E-state index in [0.717, 1.165) is 57.4 Å². The molecule has 0 amide bonds. The van der Waals surface area contributed by atoms with Gasteiger partial charge in [0.15, 0.2) is 5.11 Å². The third-order valence-electron chi connectivity index (χ3n) is 5.63. The molecule has 8 heteroatoms. The van der Waals surface area contributed by atoms with Crippen LogP contribution in [0.5, 0.6) is 0 Å². The number of anilines is 3. The molecule has 2 N–H and O–H groups in total. The summed E-state index contributed by atoms with van der Waals surface area (Å²) in [5.74, 6) is 2.42. The first-order chi connectivity index (χ1) is 14.2. The van der Waals surface area contributed by atoms with Crippen molar-refractivity contribution in [3.05, 3.63) is 41.5 Å². The monoisotopic (exact) mass is 410 g/mol. The molecule has 3 heterocycles. The lowest BCUT2D eigenvalue weighted by atomic mass is 10.00. The van der Waals surface area contributed by atoms with E-state index in [2.05, 4.69) is 50.8 Å². The van der Waals surface area contributed by atoms with Crippen LogP contribution in [0.25, 0.3) is 0 Å². The van der Waals surface area contributed by atoms with Gasteiger partial charge in [-0.1, -0.05) is 24.3 Å². The van der Waals surface area contributed by atoms with Crippen molar-refractivity contribution >= 4 is 34.9 Å². The van der Waals surface area contributed by atoms with Crippen molar-refractivity contribution in [3.8, 4) is 0 Å². The molecule has 2 aliphatic heterocycles. The molecule has 7 nitrogen and oxygen atoms in total. The SMILES string of the molecule is S=C(Nc1nc(N2CCOCC2)cc(N2CCc3ccccc3C2)n1)NC1CC1. The molecular weight excluding hydrogens is 384 g/mol. The quantitative estimate of drug-likeness (QED) is 0.745. The van der Waals surface area contributed by atoms with Gasteiger partial charge >= 0.3 is 0 Å². The summed E-state index contributed by atoms with van der Waals surface area (Å²) in [6.07, 6.45) is 3.38. The van der Waals surface area contributed by atoms with Crippen LogP contribution >= 0.6 is 12.2 Å². The Balaban J connectivity index is 1.41. The minimum absolute atomic E-state index is 0.496. The number of thiocarbonyl (C=S) groups is 1. The highest BCUT2D eigenvalue weighted by molar-refractivity contribution is 7.80. The van der Waals surface area contributed by atoms with E-state index in [1.807, 2.05) is 0 Å². The Morgan fingerprint density at radius 2 is 1.72 bits per heavy atom. The zero-order chi connectivity index (χ0) is 19.6. The molecule has 0 bridgehead atoms. The summed E-state index contributed by atoms with van der Waals surface area (Å²) in [4.78, 5) is 14.2. The van der Waals surface area contributed by atoms with Crippen molar-refractivity contribution in [3.63, 3.8) is 0 Å². The van der Waals surface area contributed by atoms with Gasteiger partial charge in [-0.05, 0) is 42.6 Å². The molecule has 5 rings (SSSR count). The first kappa shape index (κ1) is 18.6. The van der Waals surface area contributed by atoms with E-state index in [-0.39, 0.29) is 0 Å². The Labute approximate surface area is 176 Å². The van der Waals surface area contributed by atoms with Crippen LogP contribution in [0.2, 0.25) is 0 Å². The maximum Gasteiger partial charge on any atom is 0.232 e. The van der Waals surface area contributed by atoms with Gasteiger partial charge in [-0.25, -0.2) is 0 Å². The molecule has 152 valence electrons. The summed E-state index contributed by atoms with van der Waals surface area (Å²) >= 11 is 5.45. The standard InChI is InChI=1S/C21H26N6OS/c29-21(22-17-5-6-17)25-20-23-18(26-9-11-28-12-10-26)13-19(24-20)27-8-7-15-3-1-2-4-16(15)14-27/h1-4,13,17H,5-12,14H2,(H2,22,23,24,25,29). The van der Waals surface area contributed by atoms with Crippen molar-refractivity contribution in [1.29, 1.82) is 0 Å². The van der Waals surface area contributed by atoms with Crippen LogP contribution in [0.4, 0.5) is 17.6 Å². The van der Waals surface area contributed by atoms with E-state index in [4.69, 9.17) is 26.9 Å². The highest BCUT2D eigenvalue weighted by Gasteiger charge is 2.24. The van der Waals surface area contributed by atoms with Gasteiger partial charge < -0.3 is 25.2 Å². The second kappa shape index (κ2) is 8.12. The second-order valence-electron chi connectivity index (χ2n) is 7.82. The number of fused-ring (bicyclic) bond motifs is 1. The van der Waals surface area contributed by atoms with E-state index in [1.165, 1.54) is 24.0 Å². The lowest BCUT2D eigenvalue weighted by Gasteiger charge is -2.32. The molecule has 0 radical (unpaired) electrons. The Kier molecular flexibility index (Phi) is 5.20. The van der Waals surface area contributed by atoms with Crippen molar-refractivity contribution in [2.75, 3.05) is 48.0 Å². The molecule has 29 heavy (non-hydrogen) atoms. The third kappa shape index (κ3) is 4.43. The largest absolute Gasteiger partial charge is 0.378 e. The fourth-order valence-corrected chi connectivity index (χ4v) is 4.09. The molecular formula is C21H26N6OS. The summed E-state index contributed by atoms with van der Waals surface area (Å²) in [6, 6.07) is 11.2. The maximum absolute atomic E-state index is 5.51. The zero-order valence-corrected chi connectivity index (χ0v) is 17.2. The smallest absolute Gasteiger partial charge is 0.232 e. The summed E-state index contributed by atoms with van der Waals surface area (Å²) in [5, 5.41) is 7.11. The number of nitrogens with zero attached hydrogens (tertiary/aromatic N) is 4. The van der Waals surface area contributed by atoms with Crippen LogP contribution in [0.15, 0.2) is 30.3 Å². The summed E-state index contributed by atoms with van der Waals surface area (Å²) in [6.45, 7) is 4.93. The minimum atomic E-state index is 0.496. The number of morpholine rings is 1. The molecule has 0 atom stereocenters. The van der Waals surface area contributed by atoms with Crippen molar-refractivity contribution in [2.45, 2.75) is 31.8 Å². The molecule has 2 fully saturated rings. The van der Waals surface area contributed by atoms with Crippen LogP contribution in [0.3, 0.4) is 0 Å². The van der Waals surface area contributed by atoms with Gasteiger partial charge in [0.2, 0.25) is 5.95 Å². The second-order valence-corrected chi connectivity index (χ2v) is 8.23. The van der Waals surface area contributed by atoms with Gasteiger partial charge in [0.05, 0.1) is 13.2 Å². The normalized spacial score (nSPS) is 18.9. The number of hydrogen-bond acceptors (Lipinski definition) is 6. The van der Waals surface area contributed by atoms with Crippen LogP contribution in [-0.4, -0.2) is 54.0 Å². The van der Waals surface area contributed by atoms with Gasteiger partial charge in [0.1, 0.15) is 11.6 Å². The highest BCUT2D eigenvalue weighted by Crippen LogP contribution is 2.27. The first-order valence-electron chi connectivity index (χ1n) is 10.4. The summed E-state index contributed by atoms with van der Waals surface area (Å²) in [5.41, 5.74) is 2.80. The molecule has 0 unspecified atom stereocenters. The number of hydrogen-bond donors (Lipinski definition) is 2. The number of ether oxygens (including phenoxy) is 1. The average Bonchev–Trinajstić information content (AvgIpc) is 3.57. The van der Waals surface area contributed by atoms with Crippen molar-refractivity contribution in [1.82, 2.24) is 15.3 Å². The Morgan fingerprint density at radius 3 is 2.48 bits per heavy atom. The predicted molar refractivity (Wildman–Crippen MR) is 119 cm³/mol. The molecule has 2 aromatic rings. The zero-order valence-electron chi connectivity index (χ0n) is 16.4. The average molecular weight is 411 g/mol. The van der Waals surface area contributed by atoms with E-state index in [9.17, 15) is 0 Å². The van der Waals surface area contributed by atoms with Crippen molar-refractivity contribution in [2.24, 2.45) is 0 Å². The number of rotatable bonds is 4. The molecule has 1 saturated heterocycles. The van der Waals surface area contributed by atoms with E-state index in [0.29, 0.717) is 17.1 Å². The number of aromatic nitrogens is 2. The van der Waals surface area contributed by atoms with E-state index >= 15 is 0 Å². The third-order valence-corrected chi connectivity index (χ3v) is 5.85. The maximum atomic E-state index is 5.51. The fraction of sp³-hybridized carbons (Fsp3) is 0.476. The van der Waals surface area contributed by atoms with Gasteiger partial charge in [-0.3, -0.25) is 0 Å². The van der Waals surface area contributed by atoms with Crippen LogP contribution in [-0.2, 0) is 17.7 Å². The van der Waals surface area contributed by atoms with Gasteiger partial charge in [-0.2, -0.15) is 9.97 Å². The van der Waals surface area contributed by atoms with Crippen molar-refractivity contribution < 1.29 is 4.74 Å². The van der Waals surface area contributed by atoms with E-state index in [1.54, 1.807) is 0 Å². The van der Waals surface area contributed by atoms with Crippen LogP contribution < -0.4 is 20.4 Å². The minimum Gasteiger partial charge on any atom is -0.378 e. The summed E-state index contributed by atoms with van der Waals surface area (Å²) in [7, 11) is 0. The Hall–Kier alpha value is -2.45. The van der Waals surface area contributed by atoms with Gasteiger partial charge in [0.25, 0.3) is 0 Å². The number of benzene rings is 1. The van der Waals surface area contributed by atoms with Crippen LogP contribution in [0, 0.1) is 0 Å². The molecule has 0 spiro atoms. The van der Waals surface area contributed by atoms with Gasteiger partial charge in [-0.15, -0.1) is 0 Å². The lowest BCUT2D eigenvalue weighted by Crippen LogP contribution is -2.38.